The van der Waals surface area contributed by atoms with Gasteiger partial charge in [-0.3, -0.25) is 4.79 Å². The molecule has 0 aliphatic rings. The molecule has 0 aliphatic heterocycles. The van der Waals surface area contributed by atoms with Crippen molar-refractivity contribution in [2.24, 2.45) is 0 Å². The highest BCUT2D eigenvalue weighted by Gasteiger charge is 2.04. The van der Waals surface area contributed by atoms with Crippen LogP contribution in [0.3, 0.4) is 0 Å². The molecule has 0 heterocycles. The first-order valence-corrected chi connectivity index (χ1v) is 5.76. The molecule has 0 bridgehead atoms. The summed E-state index contributed by atoms with van der Waals surface area (Å²) in [4.78, 5) is 22.1. The number of benzene rings is 1. The van der Waals surface area contributed by atoms with E-state index < -0.39 is 5.97 Å². The highest BCUT2D eigenvalue weighted by Crippen LogP contribution is 2.06. The fraction of sp³-hybridized carbons (Fsp3) is 0.385. The molecule has 0 spiro atoms. The summed E-state index contributed by atoms with van der Waals surface area (Å²) in [5, 5.41) is 5.09. The molecule has 5 nitrogen and oxygen atoms in total. The summed E-state index contributed by atoms with van der Waals surface area (Å²) < 4.78 is 4.41. The molecule has 0 saturated carbocycles. The highest BCUT2D eigenvalue weighted by molar-refractivity contribution is 5.80. The lowest BCUT2D eigenvalue weighted by Gasteiger charge is -2.08. The summed E-state index contributed by atoms with van der Waals surface area (Å²) >= 11 is 0. The van der Waals surface area contributed by atoms with E-state index in [1.54, 1.807) is 0 Å². The van der Waals surface area contributed by atoms with Crippen molar-refractivity contribution in [3.63, 3.8) is 0 Å². The lowest BCUT2D eigenvalue weighted by atomic mass is 10.1. The fourth-order valence-corrected chi connectivity index (χ4v) is 1.49. The number of amides is 2. The average molecular weight is 250 g/mol. The molecule has 2 N–H and O–H groups in total. The number of methoxy groups -OCH3 is 1. The van der Waals surface area contributed by atoms with Crippen LogP contribution in [0.5, 0.6) is 0 Å². The molecule has 1 rings (SSSR count). The molecule has 0 aliphatic carbocycles. The first-order valence-electron chi connectivity index (χ1n) is 5.76. The molecule has 0 atom stereocenters. The van der Waals surface area contributed by atoms with Gasteiger partial charge in [0.05, 0.1) is 7.11 Å². The van der Waals surface area contributed by atoms with Crippen LogP contribution in [0.1, 0.15) is 11.1 Å². The third kappa shape index (κ3) is 4.86. The minimum absolute atomic E-state index is 0.118. The number of esters is 1. The van der Waals surface area contributed by atoms with E-state index in [4.69, 9.17) is 0 Å². The predicted molar refractivity (Wildman–Crippen MR) is 68.3 cm³/mol. The molecule has 0 aromatic heterocycles. The second kappa shape index (κ2) is 7.32. The molecule has 0 radical (unpaired) electrons. The Morgan fingerprint density at radius 2 is 1.94 bits per heavy atom. The van der Waals surface area contributed by atoms with Gasteiger partial charge in [0.2, 0.25) is 0 Å². The Morgan fingerprint density at radius 1 is 1.22 bits per heavy atom. The molecule has 5 heteroatoms. The Hall–Kier alpha value is -2.04. The van der Waals surface area contributed by atoms with E-state index in [1.807, 2.05) is 31.2 Å². The quantitative estimate of drug-likeness (QED) is 0.766. The van der Waals surface area contributed by atoms with Crippen LogP contribution in [-0.2, 0) is 16.0 Å². The van der Waals surface area contributed by atoms with Crippen molar-refractivity contribution in [3.05, 3.63) is 35.4 Å². The number of ether oxygens (including phenoxy) is 1. The van der Waals surface area contributed by atoms with Crippen molar-refractivity contribution in [2.45, 2.75) is 13.3 Å². The number of carbonyl (C=O) groups excluding carboxylic acids is 2. The largest absolute Gasteiger partial charge is 0.468 e. The number of hydrogen-bond donors (Lipinski definition) is 2. The second-order valence-electron chi connectivity index (χ2n) is 3.86. The molecule has 1 aromatic carbocycles. The lowest BCUT2D eigenvalue weighted by Crippen LogP contribution is -2.39. The number of carbonyl (C=O) groups is 2. The van der Waals surface area contributed by atoms with Gasteiger partial charge in [-0.05, 0) is 24.5 Å². The van der Waals surface area contributed by atoms with Crippen LogP contribution in [0.15, 0.2) is 24.3 Å². The van der Waals surface area contributed by atoms with E-state index in [9.17, 15) is 9.59 Å². The Balaban J connectivity index is 2.24. The number of rotatable bonds is 5. The van der Waals surface area contributed by atoms with Crippen LogP contribution >= 0.6 is 0 Å². The van der Waals surface area contributed by atoms with Crippen molar-refractivity contribution in [2.75, 3.05) is 20.2 Å². The van der Waals surface area contributed by atoms with E-state index in [0.29, 0.717) is 6.54 Å². The van der Waals surface area contributed by atoms with Crippen LogP contribution in [0, 0.1) is 6.92 Å². The van der Waals surface area contributed by atoms with Gasteiger partial charge < -0.3 is 15.4 Å². The van der Waals surface area contributed by atoms with Crippen molar-refractivity contribution in [3.8, 4) is 0 Å². The molecule has 2 amide bonds. The Morgan fingerprint density at radius 3 is 2.61 bits per heavy atom. The van der Waals surface area contributed by atoms with Gasteiger partial charge >= 0.3 is 12.0 Å². The Kier molecular flexibility index (Phi) is 5.70. The highest BCUT2D eigenvalue weighted by atomic mass is 16.5. The molecular weight excluding hydrogens is 232 g/mol. The average Bonchev–Trinajstić information content (AvgIpc) is 2.38. The third-order valence-corrected chi connectivity index (χ3v) is 2.56. The van der Waals surface area contributed by atoms with Crippen molar-refractivity contribution >= 4 is 12.0 Å². The summed E-state index contributed by atoms with van der Waals surface area (Å²) in [6.07, 6.45) is 0.762. The molecule has 0 saturated heterocycles. The standard InChI is InChI=1S/C13H18N2O3/c1-10-5-3-4-6-11(10)7-8-14-13(17)15-9-12(16)18-2/h3-6H,7-9H2,1-2H3,(H2,14,15,17). The van der Waals surface area contributed by atoms with Crippen molar-refractivity contribution in [1.29, 1.82) is 0 Å². The number of hydrogen-bond acceptors (Lipinski definition) is 3. The monoisotopic (exact) mass is 250 g/mol. The number of nitrogens with one attached hydrogen (secondary N) is 2. The smallest absolute Gasteiger partial charge is 0.325 e. The van der Waals surface area contributed by atoms with Gasteiger partial charge in [-0.2, -0.15) is 0 Å². The first kappa shape index (κ1) is 14.0. The maximum Gasteiger partial charge on any atom is 0.325 e. The van der Waals surface area contributed by atoms with Gasteiger partial charge in [0, 0.05) is 6.54 Å². The van der Waals surface area contributed by atoms with Crippen molar-refractivity contribution < 1.29 is 14.3 Å². The first-order chi connectivity index (χ1) is 8.63. The SMILES string of the molecule is COC(=O)CNC(=O)NCCc1ccccc1C. The minimum atomic E-state index is -0.468. The Bertz CT molecular complexity index is 418. The zero-order chi connectivity index (χ0) is 13.4. The van der Waals surface area contributed by atoms with Gasteiger partial charge in [-0.25, -0.2) is 4.79 Å². The van der Waals surface area contributed by atoms with Crippen LogP contribution < -0.4 is 10.6 Å². The van der Waals surface area contributed by atoms with Gasteiger partial charge in [-0.1, -0.05) is 24.3 Å². The van der Waals surface area contributed by atoms with Crippen LogP contribution in [0.4, 0.5) is 4.79 Å². The predicted octanol–water partition coefficient (Wildman–Crippen LogP) is 1.01. The molecule has 0 unspecified atom stereocenters. The van der Waals surface area contributed by atoms with E-state index >= 15 is 0 Å². The van der Waals surface area contributed by atoms with Crippen LogP contribution in [0.2, 0.25) is 0 Å². The van der Waals surface area contributed by atoms with E-state index in [0.717, 1.165) is 6.42 Å². The zero-order valence-corrected chi connectivity index (χ0v) is 10.7. The molecule has 0 fully saturated rings. The minimum Gasteiger partial charge on any atom is -0.468 e. The maximum absolute atomic E-state index is 11.3. The van der Waals surface area contributed by atoms with Crippen LogP contribution in [-0.4, -0.2) is 32.2 Å². The van der Waals surface area contributed by atoms with Gasteiger partial charge in [0.1, 0.15) is 6.54 Å². The molecule has 18 heavy (non-hydrogen) atoms. The maximum atomic E-state index is 11.3. The third-order valence-electron chi connectivity index (χ3n) is 2.56. The Labute approximate surface area is 107 Å². The number of urea groups is 1. The molecule has 98 valence electrons. The van der Waals surface area contributed by atoms with Gasteiger partial charge in [0.25, 0.3) is 0 Å². The zero-order valence-electron chi connectivity index (χ0n) is 10.7. The summed E-state index contributed by atoms with van der Waals surface area (Å²) in [7, 11) is 1.28. The number of aryl methyl sites for hydroxylation is 1. The van der Waals surface area contributed by atoms with E-state index in [1.165, 1.54) is 18.2 Å². The summed E-state index contributed by atoms with van der Waals surface area (Å²) in [5.41, 5.74) is 2.40. The lowest BCUT2D eigenvalue weighted by molar-refractivity contribution is -0.139. The van der Waals surface area contributed by atoms with Crippen LogP contribution in [0.25, 0.3) is 0 Å². The molecular formula is C13H18N2O3. The fourth-order valence-electron chi connectivity index (χ4n) is 1.49. The second-order valence-corrected chi connectivity index (χ2v) is 3.86. The van der Waals surface area contributed by atoms with E-state index in [2.05, 4.69) is 15.4 Å². The van der Waals surface area contributed by atoms with Gasteiger partial charge in [-0.15, -0.1) is 0 Å². The normalized spacial score (nSPS) is 9.67. The summed E-state index contributed by atoms with van der Waals surface area (Å²) in [6.45, 7) is 2.44. The van der Waals surface area contributed by atoms with Gasteiger partial charge in [0.15, 0.2) is 0 Å². The molecule has 1 aromatic rings. The van der Waals surface area contributed by atoms with Crippen molar-refractivity contribution in [1.82, 2.24) is 10.6 Å². The topological polar surface area (TPSA) is 67.4 Å². The van der Waals surface area contributed by atoms with E-state index in [-0.39, 0.29) is 12.6 Å². The summed E-state index contributed by atoms with van der Waals surface area (Å²) in [6, 6.07) is 7.65. The summed E-state index contributed by atoms with van der Waals surface area (Å²) in [5.74, 6) is -0.468.